The number of allylic oxidation sites excluding steroid dienone is 1. The topological polar surface area (TPSA) is 28.7 Å². The second kappa shape index (κ2) is 9.06. The summed E-state index contributed by atoms with van der Waals surface area (Å²) in [5, 5.41) is 11.0. The van der Waals surface area contributed by atoms with Crippen LogP contribution in [0.2, 0.25) is 0 Å². The molecule has 0 fully saturated rings. The number of aromatic nitrogens is 1. The van der Waals surface area contributed by atoms with Gasteiger partial charge in [-0.2, -0.15) is 5.26 Å². The van der Waals surface area contributed by atoms with E-state index >= 15 is 0 Å². The third-order valence-corrected chi connectivity index (χ3v) is 5.84. The lowest BCUT2D eigenvalue weighted by atomic mass is 10.0. The van der Waals surface area contributed by atoms with Crippen LogP contribution >= 0.6 is 0 Å². The Labute approximate surface area is 185 Å². The second-order valence-corrected chi connectivity index (χ2v) is 8.42. The van der Waals surface area contributed by atoms with Gasteiger partial charge in [-0.15, -0.1) is 0 Å². The van der Waals surface area contributed by atoms with Crippen molar-refractivity contribution in [1.29, 1.82) is 5.26 Å². The van der Waals surface area contributed by atoms with Crippen LogP contribution in [0.4, 0.5) is 0 Å². The molecule has 0 unspecified atom stereocenters. The summed E-state index contributed by atoms with van der Waals surface area (Å²) < 4.78 is 2.34. The van der Waals surface area contributed by atoms with Gasteiger partial charge in [-0.1, -0.05) is 71.8 Å². The fourth-order valence-electron chi connectivity index (χ4n) is 4.01. The van der Waals surface area contributed by atoms with Gasteiger partial charge in [0.25, 0.3) is 0 Å². The molecule has 4 rings (SSSR count). The van der Waals surface area contributed by atoms with Crippen molar-refractivity contribution in [2.75, 3.05) is 0 Å². The molecule has 0 saturated carbocycles. The van der Waals surface area contributed by atoms with Crippen molar-refractivity contribution < 1.29 is 0 Å². The number of fused-ring (bicyclic) bond motifs is 1. The fraction of sp³-hybridized carbons (Fsp3) is 0.207. The van der Waals surface area contributed by atoms with Crippen LogP contribution < -0.4 is 0 Å². The van der Waals surface area contributed by atoms with E-state index in [9.17, 15) is 5.26 Å². The predicted octanol–water partition coefficient (Wildman–Crippen LogP) is 7.26. The molecule has 0 amide bonds. The highest BCUT2D eigenvalue weighted by atomic mass is 15.0. The molecule has 2 nitrogen and oxygen atoms in total. The monoisotopic (exact) mass is 404 g/mol. The number of aryl methyl sites for hydroxylation is 5. The van der Waals surface area contributed by atoms with Crippen LogP contribution in [0.3, 0.4) is 0 Å². The molecule has 31 heavy (non-hydrogen) atoms. The van der Waals surface area contributed by atoms with Gasteiger partial charge in [-0.3, -0.25) is 0 Å². The Kier molecular flexibility index (Phi) is 6.05. The number of hydrogen-bond donors (Lipinski definition) is 0. The fourth-order valence-corrected chi connectivity index (χ4v) is 4.01. The quantitative estimate of drug-likeness (QED) is 0.311. The molecule has 0 bridgehead atoms. The minimum atomic E-state index is 0.694. The van der Waals surface area contributed by atoms with Gasteiger partial charge < -0.3 is 4.57 Å². The van der Waals surface area contributed by atoms with Crippen LogP contribution in [0.1, 0.15) is 39.8 Å². The van der Waals surface area contributed by atoms with Gasteiger partial charge >= 0.3 is 0 Å². The lowest BCUT2D eigenvalue weighted by molar-refractivity contribution is 0.661. The van der Waals surface area contributed by atoms with Crippen LogP contribution in [0.5, 0.6) is 0 Å². The maximum Gasteiger partial charge on any atom is 0.0998 e. The van der Waals surface area contributed by atoms with Crippen molar-refractivity contribution in [2.45, 2.75) is 40.2 Å². The average molecular weight is 405 g/mol. The Morgan fingerprint density at radius 2 is 1.52 bits per heavy atom. The molecule has 4 aromatic rings. The summed E-state index contributed by atoms with van der Waals surface area (Å²) >= 11 is 0. The van der Waals surface area contributed by atoms with Crippen molar-refractivity contribution in [2.24, 2.45) is 0 Å². The predicted molar refractivity (Wildman–Crippen MR) is 131 cm³/mol. The van der Waals surface area contributed by atoms with Crippen molar-refractivity contribution in [3.05, 3.63) is 106 Å². The first-order chi connectivity index (χ1) is 15.0. The van der Waals surface area contributed by atoms with Crippen LogP contribution in [-0.4, -0.2) is 4.57 Å². The highest BCUT2D eigenvalue weighted by Gasteiger charge is 2.10. The van der Waals surface area contributed by atoms with Crippen molar-refractivity contribution in [3.8, 4) is 6.07 Å². The number of benzene rings is 3. The van der Waals surface area contributed by atoms with Gasteiger partial charge in [0.1, 0.15) is 0 Å². The SMILES string of the molecule is Cc1ccc(CCCn2cc(/C=C(\C#N)c3ccc(C)cc3)c3ccc(C)cc32)cc1. The van der Waals surface area contributed by atoms with E-state index in [-0.39, 0.29) is 0 Å². The van der Waals surface area contributed by atoms with Gasteiger partial charge in [0.2, 0.25) is 0 Å². The van der Waals surface area contributed by atoms with Crippen LogP contribution in [-0.2, 0) is 13.0 Å². The van der Waals surface area contributed by atoms with Crippen molar-refractivity contribution in [1.82, 2.24) is 4.57 Å². The van der Waals surface area contributed by atoms with Gasteiger partial charge in [0.05, 0.1) is 11.6 Å². The number of nitriles is 1. The highest BCUT2D eigenvalue weighted by Crippen LogP contribution is 2.27. The largest absolute Gasteiger partial charge is 0.347 e. The molecule has 0 atom stereocenters. The van der Waals surface area contributed by atoms with Gasteiger partial charge in [0.15, 0.2) is 0 Å². The molecule has 0 aliphatic heterocycles. The second-order valence-electron chi connectivity index (χ2n) is 8.42. The minimum Gasteiger partial charge on any atom is -0.347 e. The van der Waals surface area contributed by atoms with Gasteiger partial charge in [-0.05, 0) is 62.4 Å². The summed E-state index contributed by atoms with van der Waals surface area (Å²) in [6.07, 6.45) is 6.36. The average Bonchev–Trinajstić information content (AvgIpc) is 3.10. The van der Waals surface area contributed by atoms with E-state index in [0.29, 0.717) is 5.57 Å². The molecule has 0 radical (unpaired) electrons. The molecule has 1 aromatic heterocycles. The lowest BCUT2D eigenvalue weighted by Crippen LogP contribution is -1.98. The zero-order valence-electron chi connectivity index (χ0n) is 18.5. The Hall–Kier alpha value is -3.57. The third-order valence-electron chi connectivity index (χ3n) is 5.84. The summed E-state index contributed by atoms with van der Waals surface area (Å²) in [7, 11) is 0. The van der Waals surface area contributed by atoms with Crippen LogP contribution in [0.15, 0.2) is 72.9 Å². The molecule has 0 aliphatic rings. The van der Waals surface area contributed by atoms with Crippen LogP contribution in [0, 0.1) is 32.1 Å². The maximum atomic E-state index is 9.79. The maximum absolute atomic E-state index is 9.79. The zero-order chi connectivity index (χ0) is 21.8. The van der Waals surface area contributed by atoms with Crippen molar-refractivity contribution >= 4 is 22.6 Å². The van der Waals surface area contributed by atoms with Gasteiger partial charge in [-0.25, -0.2) is 0 Å². The Balaban J connectivity index is 1.64. The summed E-state index contributed by atoms with van der Waals surface area (Å²) in [5.74, 6) is 0. The first kappa shape index (κ1) is 20.7. The van der Waals surface area contributed by atoms with Crippen molar-refractivity contribution in [3.63, 3.8) is 0 Å². The molecule has 0 spiro atoms. The molecule has 0 aliphatic carbocycles. The number of hydrogen-bond acceptors (Lipinski definition) is 1. The smallest absolute Gasteiger partial charge is 0.0998 e. The zero-order valence-corrected chi connectivity index (χ0v) is 18.5. The first-order valence-electron chi connectivity index (χ1n) is 10.9. The van der Waals surface area contributed by atoms with E-state index < -0.39 is 0 Å². The summed E-state index contributed by atoms with van der Waals surface area (Å²) in [4.78, 5) is 0. The molecule has 0 saturated heterocycles. The molecule has 2 heteroatoms. The summed E-state index contributed by atoms with van der Waals surface area (Å²) in [6.45, 7) is 7.27. The molecule has 0 N–H and O–H groups in total. The molecular weight excluding hydrogens is 376 g/mol. The summed E-state index contributed by atoms with van der Waals surface area (Å²) in [5.41, 5.74) is 9.11. The standard InChI is InChI=1S/C29H28N2/c1-21-6-11-24(12-7-21)5-4-16-31-20-27(28-15-10-23(3)17-29(28)31)18-26(19-30)25-13-8-22(2)9-14-25/h6-15,17-18,20H,4-5,16H2,1-3H3/b26-18+. The number of rotatable bonds is 6. The summed E-state index contributed by atoms with van der Waals surface area (Å²) in [6, 6.07) is 25.9. The van der Waals surface area contributed by atoms with E-state index in [1.54, 1.807) is 0 Å². The van der Waals surface area contributed by atoms with E-state index in [0.717, 1.165) is 30.5 Å². The normalized spacial score (nSPS) is 11.6. The van der Waals surface area contributed by atoms with Crippen LogP contribution in [0.25, 0.3) is 22.6 Å². The van der Waals surface area contributed by atoms with E-state index in [1.165, 1.54) is 33.2 Å². The molecular formula is C29H28N2. The van der Waals surface area contributed by atoms with E-state index in [4.69, 9.17) is 0 Å². The molecule has 154 valence electrons. The Bertz CT molecular complexity index is 1260. The molecule has 1 heterocycles. The Morgan fingerprint density at radius 1 is 0.871 bits per heavy atom. The minimum absolute atomic E-state index is 0.694. The Morgan fingerprint density at radius 3 is 2.19 bits per heavy atom. The van der Waals surface area contributed by atoms with Gasteiger partial charge in [0, 0.05) is 29.2 Å². The van der Waals surface area contributed by atoms with E-state index in [1.807, 2.05) is 18.2 Å². The lowest BCUT2D eigenvalue weighted by Gasteiger charge is -2.06. The van der Waals surface area contributed by atoms with E-state index in [2.05, 4.69) is 92.2 Å². The first-order valence-corrected chi connectivity index (χ1v) is 10.9. The number of nitrogens with zero attached hydrogens (tertiary/aromatic N) is 2. The molecule has 3 aromatic carbocycles. The third kappa shape index (κ3) is 4.78. The highest BCUT2D eigenvalue weighted by molar-refractivity contribution is 5.98.